The summed E-state index contributed by atoms with van der Waals surface area (Å²) in [6.07, 6.45) is -5.21. The first-order valence-corrected chi connectivity index (χ1v) is 18.4. The van der Waals surface area contributed by atoms with Gasteiger partial charge >= 0.3 is 38.0 Å². The molecule has 0 amide bonds. The Hall–Kier alpha value is 0.590. The molecular weight excluding hydrogens is 585 g/mol. The number of rotatable bonds is 16. The van der Waals surface area contributed by atoms with Gasteiger partial charge in [-0.2, -0.15) is 0 Å². The van der Waals surface area contributed by atoms with Gasteiger partial charge in [-0.05, 0) is 6.92 Å². The summed E-state index contributed by atoms with van der Waals surface area (Å²) in [5.74, 6) is 0. The van der Waals surface area contributed by atoms with Crippen LogP contribution in [0.4, 0.5) is 0 Å². The van der Waals surface area contributed by atoms with Crippen molar-refractivity contribution in [3.05, 3.63) is 0 Å². The SMILES string of the molecule is CCO.O=P(O)(O)CN(CCN(CP(=O)(O)O)CP(=O)(O)O)CCN(CP(=O)(O)O)CP(=O)(O)O. The lowest BCUT2D eigenvalue weighted by molar-refractivity contribution is 0.198. The van der Waals surface area contributed by atoms with E-state index in [0.29, 0.717) is 9.80 Å². The summed E-state index contributed by atoms with van der Waals surface area (Å²) in [6, 6.07) is 0. The lowest BCUT2D eigenvalue weighted by atomic mass is 10.4. The molecule has 0 aliphatic heterocycles. The normalized spacial score (nSPS) is 13.9. The van der Waals surface area contributed by atoms with Gasteiger partial charge in [0.05, 0.1) is 0 Å². The lowest BCUT2D eigenvalue weighted by Crippen LogP contribution is -2.41. The fraction of sp³-hybridized carbons (Fsp3) is 1.00. The summed E-state index contributed by atoms with van der Waals surface area (Å²) in [6.45, 7) is 0.149. The largest absolute Gasteiger partial charge is 0.397 e. The van der Waals surface area contributed by atoms with Crippen molar-refractivity contribution >= 4 is 38.0 Å². The number of nitrogens with zero attached hydrogens (tertiary/aromatic N) is 3. The zero-order chi connectivity index (χ0) is 28.3. The van der Waals surface area contributed by atoms with Crippen LogP contribution < -0.4 is 0 Å². The van der Waals surface area contributed by atoms with E-state index in [-0.39, 0.29) is 6.61 Å². The van der Waals surface area contributed by atoms with Crippen LogP contribution in [0.5, 0.6) is 0 Å². The first-order chi connectivity index (χ1) is 15.4. The quantitative estimate of drug-likeness (QED) is 0.0800. The summed E-state index contributed by atoms with van der Waals surface area (Å²) in [4.78, 5) is 93.2. The molecule has 0 bridgehead atoms. The summed E-state index contributed by atoms with van der Waals surface area (Å²) >= 11 is 0. The third-order valence-electron chi connectivity index (χ3n) is 3.39. The maximum atomic E-state index is 11.4. The zero-order valence-electron chi connectivity index (χ0n) is 18.6. The molecule has 0 aromatic heterocycles. The summed E-state index contributed by atoms with van der Waals surface area (Å²) in [5, 5.41) is 7.57. The minimum Gasteiger partial charge on any atom is -0.397 e. The van der Waals surface area contributed by atoms with Gasteiger partial charge in [-0.3, -0.25) is 37.5 Å². The Morgan fingerprint density at radius 1 is 0.429 bits per heavy atom. The Kier molecular flexibility index (Phi) is 17.1. The van der Waals surface area contributed by atoms with Crippen molar-refractivity contribution in [1.29, 1.82) is 0 Å². The van der Waals surface area contributed by atoms with Crippen LogP contribution in [0.1, 0.15) is 6.92 Å². The topological polar surface area (TPSA) is 318 Å². The van der Waals surface area contributed by atoms with Crippen LogP contribution in [0.15, 0.2) is 0 Å². The second-order valence-corrected chi connectivity index (χ2v) is 15.3. The van der Waals surface area contributed by atoms with Gasteiger partial charge in [-0.15, -0.1) is 0 Å². The van der Waals surface area contributed by atoms with Gasteiger partial charge in [0.15, 0.2) is 0 Å². The number of aliphatic hydroxyl groups excluding tert-OH is 1. The summed E-state index contributed by atoms with van der Waals surface area (Å²) in [7, 11) is -23.8. The van der Waals surface area contributed by atoms with Gasteiger partial charge in [0.2, 0.25) is 0 Å². The van der Waals surface area contributed by atoms with Crippen LogP contribution in [0, 0.1) is 0 Å². The number of hydrogen-bond donors (Lipinski definition) is 11. The van der Waals surface area contributed by atoms with Gasteiger partial charge in [0, 0.05) is 32.8 Å². The van der Waals surface area contributed by atoms with Crippen molar-refractivity contribution in [3.8, 4) is 0 Å². The lowest BCUT2D eigenvalue weighted by Gasteiger charge is -2.30. The molecule has 19 nitrogen and oxygen atoms in total. The second-order valence-electron chi connectivity index (χ2n) is 7.25. The van der Waals surface area contributed by atoms with Gasteiger partial charge in [-0.1, -0.05) is 0 Å². The van der Waals surface area contributed by atoms with Crippen molar-refractivity contribution in [2.45, 2.75) is 6.92 Å². The summed E-state index contributed by atoms with van der Waals surface area (Å²) in [5.41, 5.74) is 0. The van der Waals surface area contributed by atoms with E-state index in [4.69, 9.17) is 44.3 Å². The first kappa shape index (κ1) is 37.7. The molecule has 0 aliphatic rings. The van der Waals surface area contributed by atoms with Crippen molar-refractivity contribution in [1.82, 2.24) is 14.7 Å². The first-order valence-electron chi connectivity index (χ1n) is 9.36. The van der Waals surface area contributed by atoms with Gasteiger partial charge < -0.3 is 54.0 Å². The molecule has 0 aliphatic carbocycles. The third-order valence-corrected chi connectivity index (χ3v) is 7.23. The van der Waals surface area contributed by atoms with E-state index in [1.54, 1.807) is 6.92 Å². The molecule has 214 valence electrons. The highest BCUT2D eigenvalue weighted by molar-refractivity contribution is 7.53. The maximum Gasteiger partial charge on any atom is 0.339 e. The van der Waals surface area contributed by atoms with E-state index >= 15 is 0 Å². The Bertz CT molecular complexity index is 740. The average molecular weight is 619 g/mol. The van der Waals surface area contributed by atoms with Crippen LogP contribution in [-0.4, -0.2) is 133 Å². The molecular formula is C11H34N3O16P5. The van der Waals surface area contributed by atoms with Gasteiger partial charge in [-0.25, -0.2) is 0 Å². The number of aliphatic hydroxyl groups is 1. The molecule has 0 aromatic carbocycles. The van der Waals surface area contributed by atoms with E-state index in [1.165, 1.54) is 0 Å². The van der Waals surface area contributed by atoms with Crippen molar-refractivity contribution in [3.63, 3.8) is 0 Å². The molecule has 0 radical (unpaired) electrons. The molecule has 0 heterocycles. The monoisotopic (exact) mass is 619 g/mol. The summed E-state index contributed by atoms with van der Waals surface area (Å²) < 4.78 is 56.1. The van der Waals surface area contributed by atoms with Crippen molar-refractivity contribution in [2.75, 3.05) is 64.2 Å². The smallest absolute Gasteiger partial charge is 0.339 e. The minimum atomic E-state index is -4.76. The zero-order valence-corrected chi connectivity index (χ0v) is 23.1. The van der Waals surface area contributed by atoms with E-state index in [2.05, 4.69) is 0 Å². The predicted molar refractivity (Wildman–Crippen MR) is 122 cm³/mol. The predicted octanol–water partition coefficient (Wildman–Crippen LogP) is -2.43. The Balaban J connectivity index is 0. The van der Waals surface area contributed by atoms with Crippen molar-refractivity contribution < 1.29 is 76.9 Å². The molecule has 0 aromatic rings. The Labute approximate surface area is 201 Å². The third kappa shape index (κ3) is 29.0. The molecule has 0 saturated heterocycles. The molecule has 0 fully saturated rings. The molecule has 0 atom stereocenters. The Morgan fingerprint density at radius 3 is 0.743 bits per heavy atom. The molecule has 0 rings (SSSR count). The van der Waals surface area contributed by atoms with Crippen molar-refractivity contribution in [2.24, 2.45) is 0 Å². The molecule has 0 unspecified atom stereocenters. The second kappa shape index (κ2) is 15.9. The maximum absolute atomic E-state index is 11.4. The van der Waals surface area contributed by atoms with E-state index in [9.17, 15) is 32.6 Å². The Morgan fingerprint density at radius 2 is 0.571 bits per heavy atom. The van der Waals surface area contributed by atoms with E-state index in [0.717, 1.165) is 4.90 Å². The highest BCUT2D eigenvalue weighted by atomic mass is 31.2. The molecule has 0 saturated carbocycles. The van der Waals surface area contributed by atoms with E-state index in [1.807, 2.05) is 0 Å². The van der Waals surface area contributed by atoms with Gasteiger partial charge in [0.25, 0.3) is 0 Å². The molecule has 35 heavy (non-hydrogen) atoms. The highest BCUT2D eigenvalue weighted by Crippen LogP contribution is 2.42. The van der Waals surface area contributed by atoms with E-state index < -0.39 is 95.6 Å². The fourth-order valence-electron chi connectivity index (χ4n) is 2.49. The van der Waals surface area contributed by atoms with Crippen LogP contribution in [0.25, 0.3) is 0 Å². The minimum absolute atomic E-state index is 0.250. The number of hydrogen-bond acceptors (Lipinski definition) is 9. The van der Waals surface area contributed by atoms with Crippen LogP contribution in [0.2, 0.25) is 0 Å². The molecule has 24 heteroatoms. The van der Waals surface area contributed by atoms with Gasteiger partial charge in [0.1, 0.15) is 31.4 Å². The van der Waals surface area contributed by atoms with Crippen LogP contribution in [-0.2, 0) is 22.8 Å². The molecule has 0 spiro atoms. The van der Waals surface area contributed by atoms with Crippen LogP contribution in [0.3, 0.4) is 0 Å². The average Bonchev–Trinajstić information content (AvgIpc) is 2.50. The standard InChI is InChI=1S/C9H28N3O15P5.C2H6O/c13-28(14,15)5-10(1-3-11(6-29(16,17)18)7-30(19,20)21)2-4-12(8-31(22,23)24)9-32(25,26)27;1-2-3/h1-9H2,(H2,13,14,15)(H2,16,17,18)(H2,19,20,21)(H2,22,23,24)(H2,25,26,27);3H,2H2,1H3. The molecule has 11 N–H and O–H groups in total. The highest BCUT2D eigenvalue weighted by Gasteiger charge is 2.29. The fourth-order valence-corrected chi connectivity index (χ4v) is 6.66. The van der Waals surface area contributed by atoms with Crippen LogP contribution >= 0.6 is 38.0 Å².